The van der Waals surface area contributed by atoms with Crippen LogP contribution in [-0.2, 0) is 5.41 Å². The zero-order chi connectivity index (χ0) is 32.9. The number of rotatable bonds is 3. The summed E-state index contributed by atoms with van der Waals surface area (Å²) in [5.41, 5.74) is 16.9. The maximum Gasteiger partial charge on any atom is 0.248 e. The van der Waals surface area contributed by atoms with Gasteiger partial charge in [0.2, 0.25) is 6.71 Å². The molecule has 0 saturated carbocycles. The Morgan fingerprint density at radius 1 is 0.469 bits per heavy atom. The summed E-state index contributed by atoms with van der Waals surface area (Å²) in [5, 5.41) is 2.66. The van der Waals surface area contributed by atoms with Crippen molar-refractivity contribution in [1.29, 1.82) is 0 Å². The predicted octanol–water partition coefficient (Wildman–Crippen LogP) is 11.0. The van der Waals surface area contributed by atoms with E-state index in [1.165, 1.54) is 92.6 Å². The smallest absolute Gasteiger partial charge is 0.248 e. The first-order valence-electron chi connectivity index (χ1n) is 17.2. The summed E-state index contributed by atoms with van der Waals surface area (Å²) in [6.07, 6.45) is 0. The summed E-state index contributed by atoms with van der Waals surface area (Å²) < 4.78 is 2.67. The van der Waals surface area contributed by atoms with Crippen LogP contribution in [0.2, 0.25) is 0 Å². The summed E-state index contributed by atoms with van der Waals surface area (Å²) in [6, 6.07) is 56.9. The Morgan fingerprint density at radius 2 is 1.20 bits per heavy atom. The third-order valence-electron chi connectivity index (χ3n) is 10.6. The van der Waals surface area contributed by atoms with Crippen LogP contribution in [0.3, 0.4) is 0 Å². The number of thiophene rings is 1. The lowest BCUT2D eigenvalue weighted by Gasteiger charge is -2.37. The van der Waals surface area contributed by atoms with Crippen LogP contribution >= 0.6 is 11.3 Å². The van der Waals surface area contributed by atoms with Crippen LogP contribution in [0.4, 0.5) is 17.1 Å². The monoisotopic (exact) mass is 643 g/mol. The second-order valence-corrected chi connectivity index (χ2v) is 15.6. The first kappa shape index (κ1) is 28.6. The van der Waals surface area contributed by atoms with Crippen molar-refractivity contribution in [3.8, 4) is 33.4 Å². The van der Waals surface area contributed by atoms with E-state index < -0.39 is 0 Å². The van der Waals surface area contributed by atoms with Crippen molar-refractivity contribution in [3.05, 3.63) is 157 Å². The fourth-order valence-electron chi connectivity index (χ4n) is 8.27. The van der Waals surface area contributed by atoms with Gasteiger partial charge in [0.1, 0.15) is 0 Å². The first-order valence-corrected chi connectivity index (χ1v) is 18.0. The van der Waals surface area contributed by atoms with Gasteiger partial charge in [0, 0.05) is 37.1 Å². The van der Waals surface area contributed by atoms with E-state index in [4.69, 9.17) is 0 Å². The minimum Gasteiger partial charge on any atom is -0.311 e. The number of nitrogens with zero attached hydrogens (tertiary/aromatic N) is 1. The van der Waals surface area contributed by atoms with Gasteiger partial charge in [-0.3, -0.25) is 0 Å². The highest BCUT2D eigenvalue weighted by molar-refractivity contribution is 7.25. The Morgan fingerprint density at radius 3 is 2.06 bits per heavy atom. The summed E-state index contributed by atoms with van der Waals surface area (Å²) in [6.45, 7) is 7.11. The van der Waals surface area contributed by atoms with Crippen molar-refractivity contribution in [2.45, 2.75) is 26.2 Å². The number of hydrogen-bond acceptors (Lipinski definition) is 2. The van der Waals surface area contributed by atoms with Gasteiger partial charge in [0.25, 0.3) is 0 Å². The van der Waals surface area contributed by atoms with Gasteiger partial charge in [-0.25, -0.2) is 0 Å². The molecule has 7 aromatic carbocycles. The van der Waals surface area contributed by atoms with Crippen molar-refractivity contribution >= 4 is 71.7 Å². The Bertz CT molecular complexity index is 2610. The first-order chi connectivity index (χ1) is 23.9. The Labute approximate surface area is 292 Å². The van der Waals surface area contributed by atoms with Crippen molar-refractivity contribution < 1.29 is 0 Å². The molecule has 0 bridgehead atoms. The van der Waals surface area contributed by atoms with Gasteiger partial charge in [0.05, 0.1) is 5.69 Å². The predicted molar refractivity (Wildman–Crippen MR) is 214 cm³/mol. The van der Waals surface area contributed by atoms with Crippen molar-refractivity contribution in [2.24, 2.45) is 0 Å². The third-order valence-corrected chi connectivity index (χ3v) is 11.8. The van der Waals surface area contributed by atoms with Crippen LogP contribution in [0, 0.1) is 0 Å². The Balaban J connectivity index is 1.28. The molecule has 0 spiro atoms. The number of benzene rings is 7. The lowest BCUT2D eigenvalue weighted by molar-refractivity contribution is 0.590. The van der Waals surface area contributed by atoms with Gasteiger partial charge >= 0.3 is 0 Å². The highest BCUT2D eigenvalue weighted by atomic mass is 32.1. The van der Waals surface area contributed by atoms with Crippen LogP contribution in [0.15, 0.2) is 152 Å². The number of fused-ring (bicyclic) bond motifs is 8. The summed E-state index contributed by atoms with van der Waals surface area (Å²) in [7, 11) is 0. The third kappa shape index (κ3) is 4.32. The van der Waals surface area contributed by atoms with Crippen LogP contribution in [0.5, 0.6) is 0 Å². The molecule has 0 N–H and O–H groups in total. The zero-order valence-corrected chi connectivity index (χ0v) is 28.7. The lowest BCUT2D eigenvalue weighted by atomic mass is 9.37. The van der Waals surface area contributed by atoms with E-state index in [1.54, 1.807) is 0 Å². The van der Waals surface area contributed by atoms with Crippen LogP contribution in [0.1, 0.15) is 26.3 Å². The molecule has 2 aliphatic rings. The molecule has 0 aliphatic carbocycles. The maximum atomic E-state index is 2.56. The molecule has 1 nitrogen and oxygen atoms in total. The highest BCUT2D eigenvalue weighted by Crippen LogP contribution is 2.47. The van der Waals surface area contributed by atoms with Crippen molar-refractivity contribution in [1.82, 2.24) is 0 Å². The van der Waals surface area contributed by atoms with Gasteiger partial charge in [0.15, 0.2) is 0 Å². The standard InChI is InChI=1S/C46H34BNS/c1-46(2,3)32-22-23-40(35(28-32)29-13-5-4-6-14-29)48-41-19-11-10-18-39(41)47-38-17-9-7-15-33(38)37-26-31(27-42(48)45(37)47)30-21-24-44-36(25-30)34-16-8-12-20-43(34)49-44/h4-28H,1-3H3. The molecule has 0 saturated heterocycles. The number of anilines is 3. The fourth-order valence-corrected chi connectivity index (χ4v) is 9.35. The molecule has 0 radical (unpaired) electrons. The second kappa shape index (κ2) is 10.6. The molecule has 1 aromatic heterocycles. The van der Waals surface area contributed by atoms with Gasteiger partial charge in [-0.1, -0.05) is 129 Å². The van der Waals surface area contributed by atoms with E-state index in [0.717, 1.165) is 0 Å². The molecule has 3 heteroatoms. The highest BCUT2D eigenvalue weighted by Gasteiger charge is 2.43. The molecule has 10 rings (SSSR count). The van der Waals surface area contributed by atoms with E-state index in [2.05, 4.69) is 177 Å². The summed E-state index contributed by atoms with van der Waals surface area (Å²) >= 11 is 1.88. The molecule has 0 amide bonds. The SMILES string of the molecule is CC(C)(C)c1ccc(N2c3ccccc3B3c4ccccc4-c4cc(-c5ccc6sc7ccccc7c6c5)cc2c43)c(-c2ccccc2)c1. The second-order valence-electron chi connectivity index (χ2n) is 14.5. The van der Waals surface area contributed by atoms with Crippen LogP contribution in [-0.4, -0.2) is 6.71 Å². The average molecular weight is 644 g/mol. The largest absolute Gasteiger partial charge is 0.311 e. The Kier molecular flexibility index (Phi) is 6.17. The lowest BCUT2D eigenvalue weighted by Crippen LogP contribution is -2.54. The van der Waals surface area contributed by atoms with E-state index in [9.17, 15) is 0 Å². The molecule has 3 heterocycles. The van der Waals surface area contributed by atoms with Gasteiger partial charge in [-0.05, 0) is 98.3 Å². The summed E-state index contributed by atoms with van der Waals surface area (Å²) in [5.74, 6) is 0. The van der Waals surface area contributed by atoms with Crippen LogP contribution in [0.25, 0.3) is 53.6 Å². The molecule has 0 fully saturated rings. The molecule has 0 atom stereocenters. The van der Waals surface area contributed by atoms with Crippen molar-refractivity contribution in [3.63, 3.8) is 0 Å². The van der Waals surface area contributed by atoms with E-state index in [-0.39, 0.29) is 12.1 Å². The van der Waals surface area contributed by atoms with Gasteiger partial charge in [-0.2, -0.15) is 0 Å². The number of para-hydroxylation sites is 1. The van der Waals surface area contributed by atoms with E-state index in [0.29, 0.717) is 0 Å². The summed E-state index contributed by atoms with van der Waals surface area (Å²) in [4.78, 5) is 2.56. The molecule has 49 heavy (non-hydrogen) atoms. The minimum atomic E-state index is 0.0280. The topological polar surface area (TPSA) is 3.24 Å². The van der Waals surface area contributed by atoms with Gasteiger partial charge in [-0.15, -0.1) is 11.3 Å². The quantitative estimate of drug-likeness (QED) is 0.173. The zero-order valence-electron chi connectivity index (χ0n) is 27.9. The number of hydrogen-bond donors (Lipinski definition) is 0. The molecule has 0 unspecified atom stereocenters. The van der Waals surface area contributed by atoms with Crippen LogP contribution < -0.4 is 21.3 Å². The molecule has 2 aliphatic heterocycles. The van der Waals surface area contributed by atoms with Gasteiger partial charge < -0.3 is 4.90 Å². The Hall–Kier alpha value is -5.38. The average Bonchev–Trinajstić information content (AvgIpc) is 3.68. The van der Waals surface area contributed by atoms with Crippen molar-refractivity contribution in [2.75, 3.05) is 4.90 Å². The van der Waals surface area contributed by atoms with E-state index in [1.807, 2.05) is 11.3 Å². The minimum absolute atomic E-state index is 0.0280. The maximum absolute atomic E-state index is 2.56. The molecular weight excluding hydrogens is 609 g/mol. The molecule has 232 valence electrons. The molecular formula is C46H34BNS. The fraction of sp³-hybridized carbons (Fsp3) is 0.0870. The van der Waals surface area contributed by atoms with E-state index >= 15 is 0 Å². The molecule has 8 aromatic rings. The normalized spacial score (nSPS) is 13.1.